The summed E-state index contributed by atoms with van der Waals surface area (Å²) in [4.78, 5) is 0. The first kappa shape index (κ1) is 14.6. The molecule has 0 spiro atoms. The van der Waals surface area contributed by atoms with E-state index in [4.69, 9.17) is 14.7 Å². The van der Waals surface area contributed by atoms with E-state index in [9.17, 15) is 8.42 Å². The zero-order valence-corrected chi connectivity index (χ0v) is 11.7. The lowest BCUT2D eigenvalue weighted by atomic mass is 10.3. The molecule has 7 heteroatoms. The molecular weight excluding hydrogens is 280 g/mol. The van der Waals surface area contributed by atoms with Gasteiger partial charge in [0.2, 0.25) is 10.0 Å². The van der Waals surface area contributed by atoms with E-state index in [0.717, 1.165) is 12.8 Å². The molecule has 0 saturated carbocycles. The Kier molecular flexibility index (Phi) is 4.82. The van der Waals surface area contributed by atoms with Crippen LogP contribution in [0.15, 0.2) is 24.3 Å². The Morgan fingerprint density at radius 1 is 1.50 bits per heavy atom. The third-order valence-corrected chi connectivity index (χ3v) is 4.20. The van der Waals surface area contributed by atoms with Gasteiger partial charge in [-0.05, 0) is 25.0 Å². The van der Waals surface area contributed by atoms with E-state index in [1.54, 1.807) is 24.3 Å². The van der Waals surface area contributed by atoms with Crippen LogP contribution in [-0.2, 0) is 14.8 Å². The first-order chi connectivity index (χ1) is 9.59. The molecule has 20 heavy (non-hydrogen) atoms. The van der Waals surface area contributed by atoms with E-state index in [1.165, 1.54) is 0 Å². The van der Waals surface area contributed by atoms with Gasteiger partial charge in [-0.25, -0.2) is 8.42 Å². The number of nitrogens with one attached hydrogen (secondary N) is 1. The summed E-state index contributed by atoms with van der Waals surface area (Å²) in [5, 5.41) is 8.44. The number of hydrogen-bond acceptors (Lipinski definition) is 5. The van der Waals surface area contributed by atoms with Crippen LogP contribution in [0, 0.1) is 11.3 Å². The van der Waals surface area contributed by atoms with Gasteiger partial charge in [0.15, 0.2) is 6.61 Å². The second-order valence-electron chi connectivity index (χ2n) is 4.49. The topological polar surface area (TPSA) is 88.4 Å². The average molecular weight is 296 g/mol. The van der Waals surface area contributed by atoms with Gasteiger partial charge in [-0.15, -0.1) is 0 Å². The molecule has 1 saturated heterocycles. The van der Waals surface area contributed by atoms with Crippen molar-refractivity contribution in [2.24, 2.45) is 0 Å². The molecule has 1 aromatic carbocycles. The number of anilines is 1. The van der Waals surface area contributed by atoms with Crippen LogP contribution < -0.4 is 9.46 Å². The number of benzene rings is 1. The highest BCUT2D eigenvalue weighted by Gasteiger charge is 2.23. The lowest BCUT2D eigenvalue weighted by molar-refractivity contribution is 0.127. The normalized spacial score (nSPS) is 18.4. The van der Waals surface area contributed by atoms with Crippen LogP contribution in [0.4, 0.5) is 5.69 Å². The van der Waals surface area contributed by atoms with Crippen LogP contribution >= 0.6 is 0 Å². The molecule has 1 fully saturated rings. The maximum absolute atomic E-state index is 12.0. The van der Waals surface area contributed by atoms with Crippen LogP contribution in [0.2, 0.25) is 0 Å². The molecule has 0 radical (unpaired) electrons. The number of nitrogens with zero attached hydrogens (tertiary/aromatic N) is 1. The standard InChI is InChI=1S/C13H16N2O4S/c14-6-8-19-12-4-1-3-11(9-12)15-20(16,17)10-13-5-2-7-18-13/h1,3-4,9,13,15H,2,5,7-8,10H2. The quantitative estimate of drug-likeness (QED) is 0.859. The number of rotatable bonds is 6. The zero-order valence-electron chi connectivity index (χ0n) is 10.9. The monoisotopic (exact) mass is 296 g/mol. The number of ether oxygens (including phenoxy) is 2. The summed E-state index contributed by atoms with van der Waals surface area (Å²) >= 11 is 0. The van der Waals surface area contributed by atoms with Crippen molar-refractivity contribution in [2.45, 2.75) is 18.9 Å². The van der Waals surface area contributed by atoms with Crippen LogP contribution in [0.1, 0.15) is 12.8 Å². The van der Waals surface area contributed by atoms with Crippen LogP contribution in [0.25, 0.3) is 0 Å². The Hall–Kier alpha value is -1.78. The van der Waals surface area contributed by atoms with Crippen molar-refractivity contribution in [1.29, 1.82) is 5.26 Å². The molecule has 1 unspecified atom stereocenters. The van der Waals surface area contributed by atoms with E-state index in [0.29, 0.717) is 18.0 Å². The van der Waals surface area contributed by atoms with Gasteiger partial charge in [0, 0.05) is 12.7 Å². The highest BCUT2D eigenvalue weighted by molar-refractivity contribution is 7.92. The predicted molar refractivity (Wildman–Crippen MR) is 73.9 cm³/mol. The summed E-state index contributed by atoms with van der Waals surface area (Å²) in [5.74, 6) is 0.403. The molecule has 0 aliphatic carbocycles. The van der Waals surface area contributed by atoms with E-state index >= 15 is 0 Å². The molecule has 0 amide bonds. The fourth-order valence-corrected chi connectivity index (χ4v) is 3.33. The van der Waals surface area contributed by atoms with Gasteiger partial charge in [-0.1, -0.05) is 6.07 Å². The van der Waals surface area contributed by atoms with Gasteiger partial charge in [0.25, 0.3) is 0 Å². The van der Waals surface area contributed by atoms with Crippen LogP contribution in [0.5, 0.6) is 5.75 Å². The van der Waals surface area contributed by atoms with E-state index < -0.39 is 10.0 Å². The summed E-state index contributed by atoms with van der Waals surface area (Å²) in [7, 11) is -3.45. The third-order valence-electron chi connectivity index (χ3n) is 2.84. The number of sulfonamides is 1. The summed E-state index contributed by atoms with van der Waals surface area (Å²) in [6.07, 6.45) is 1.44. The minimum absolute atomic E-state index is 0.0454. The molecule has 1 heterocycles. The largest absolute Gasteiger partial charge is 0.479 e. The Balaban J connectivity index is 1.99. The molecule has 1 aliphatic rings. The summed E-state index contributed by atoms with van der Waals surface area (Å²) in [6.45, 7) is 0.545. The van der Waals surface area contributed by atoms with Gasteiger partial charge in [0.05, 0.1) is 17.5 Å². The average Bonchev–Trinajstić information content (AvgIpc) is 2.88. The molecular formula is C13H16N2O4S. The fourth-order valence-electron chi connectivity index (χ4n) is 2.01. The molecule has 6 nitrogen and oxygen atoms in total. The predicted octanol–water partition coefficient (Wildman–Crippen LogP) is 1.51. The van der Waals surface area contributed by atoms with Crippen LogP contribution in [-0.4, -0.2) is 33.5 Å². The summed E-state index contributed by atoms with van der Waals surface area (Å²) in [6, 6.07) is 8.36. The maximum Gasteiger partial charge on any atom is 0.235 e. The molecule has 1 atom stereocenters. The first-order valence-corrected chi connectivity index (χ1v) is 7.96. The van der Waals surface area contributed by atoms with E-state index in [1.807, 2.05) is 6.07 Å². The van der Waals surface area contributed by atoms with Crippen molar-refractivity contribution in [1.82, 2.24) is 0 Å². The Morgan fingerprint density at radius 2 is 2.35 bits per heavy atom. The van der Waals surface area contributed by atoms with Gasteiger partial charge in [0.1, 0.15) is 11.8 Å². The summed E-state index contributed by atoms with van der Waals surface area (Å²) in [5.41, 5.74) is 0.415. The van der Waals surface area contributed by atoms with Crippen molar-refractivity contribution in [3.05, 3.63) is 24.3 Å². The molecule has 1 aliphatic heterocycles. The van der Waals surface area contributed by atoms with Gasteiger partial charge in [-0.3, -0.25) is 4.72 Å². The minimum Gasteiger partial charge on any atom is -0.479 e. The van der Waals surface area contributed by atoms with E-state index in [-0.39, 0.29) is 18.5 Å². The number of nitriles is 1. The SMILES string of the molecule is N#CCOc1cccc(NS(=O)(=O)CC2CCCO2)c1. The molecule has 1 aromatic rings. The lowest BCUT2D eigenvalue weighted by Gasteiger charge is -2.12. The molecule has 1 N–H and O–H groups in total. The van der Waals surface area contributed by atoms with Crippen molar-refractivity contribution in [2.75, 3.05) is 23.7 Å². The lowest BCUT2D eigenvalue weighted by Crippen LogP contribution is -2.25. The highest BCUT2D eigenvalue weighted by atomic mass is 32.2. The second kappa shape index (κ2) is 6.59. The molecule has 108 valence electrons. The zero-order chi connectivity index (χ0) is 14.4. The summed E-state index contributed by atoms with van der Waals surface area (Å²) < 4.78 is 36.9. The van der Waals surface area contributed by atoms with Gasteiger partial charge in [-0.2, -0.15) is 5.26 Å². The van der Waals surface area contributed by atoms with E-state index in [2.05, 4.69) is 4.72 Å². The van der Waals surface area contributed by atoms with Crippen molar-refractivity contribution < 1.29 is 17.9 Å². The fraction of sp³-hybridized carbons (Fsp3) is 0.462. The Morgan fingerprint density at radius 3 is 3.05 bits per heavy atom. The maximum atomic E-state index is 12.0. The number of hydrogen-bond donors (Lipinski definition) is 1. The molecule has 0 bridgehead atoms. The van der Waals surface area contributed by atoms with Gasteiger partial charge < -0.3 is 9.47 Å². The smallest absolute Gasteiger partial charge is 0.235 e. The molecule has 2 rings (SSSR count). The second-order valence-corrected chi connectivity index (χ2v) is 6.26. The van der Waals surface area contributed by atoms with Gasteiger partial charge >= 0.3 is 0 Å². The van der Waals surface area contributed by atoms with Crippen molar-refractivity contribution in [3.8, 4) is 11.8 Å². The van der Waals surface area contributed by atoms with Crippen molar-refractivity contribution in [3.63, 3.8) is 0 Å². The first-order valence-electron chi connectivity index (χ1n) is 6.31. The Labute approximate surface area is 118 Å². The Bertz CT molecular complexity index is 589. The van der Waals surface area contributed by atoms with Crippen molar-refractivity contribution >= 4 is 15.7 Å². The molecule has 0 aromatic heterocycles. The highest BCUT2D eigenvalue weighted by Crippen LogP contribution is 2.20. The minimum atomic E-state index is -3.45. The van der Waals surface area contributed by atoms with Crippen LogP contribution in [0.3, 0.4) is 0 Å². The third kappa shape index (κ3) is 4.40.